The molecule has 0 amide bonds. The van der Waals surface area contributed by atoms with Crippen LogP contribution in [-0.4, -0.2) is 35.6 Å². The summed E-state index contributed by atoms with van der Waals surface area (Å²) in [7, 11) is 2.15. The zero-order chi connectivity index (χ0) is 13.1. The Balaban J connectivity index is 2.04. The maximum atomic E-state index is 8.90. The number of nitrogen functional groups attached to an aromatic ring is 1. The van der Waals surface area contributed by atoms with Gasteiger partial charge < -0.3 is 16.0 Å². The monoisotopic (exact) mass is 245 g/mol. The van der Waals surface area contributed by atoms with Crippen LogP contribution in [0.15, 0.2) is 12.1 Å². The number of nitrogens with one attached hydrogen (secondary N) is 1. The van der Waals surface area contributed by atoms with Gasteiger partial charge in [-0.05, 0) is 38.9 Å². The van der Waals surface area contributed by atoms with Crippen molar-refractivity contribution in [2.24, 2.45) is 0 Å². The summed E-state index contributed by atoms with van der Waals surface area (Å²) in [5.41, 5.74) is 6.38. The Morgan fingerprint density at radius 2 is 2.33 bits per heavy atom. The first-order valence-electron chi connectivity index (χ1n) is 6.23. The molecular formula is C13H19N5. The van der Waals surface area contributed by atoms with Gasteiger partial charge in [-0.25, -0.2) is 4.98 Å². The molecule has 0 aliphatic carbocycles. The van der Waals surface area contributed by atoms with Crippen LogP contribution in [0.4, 0.5) is 11.5 Å². The third kappa shape index (κ3) is 2.71. The number of hydrogen-bond donors (Lipinski definition) is 2. The summed E-state index contributed by atoms with van der Waals surface area (Å²) in [4.78, 5) is 6.57. The van der Waals surface area contributed by atoms with Gasteiger partial charge in [0.15, 0.2) is 5.69 Å². The van der Waals surface area contributed by atoms with Crippen LogP contribution >= 0.6 is 0 Å². The summed E-state index contributed by atoms with van der Waals surface area (Å²) in [5, 5.41) is 12.3. The quantitative estimate of drug-likeness (QED) is 0.824. The van der Waals surface area contributed by atoms with Crippen molar-refractivity contribution < 1.29 is 0 Å². The SMILES string of the molecule is CC1CC(Nc2ccc(N)c(C#N)n2)CCN1C. The molecule has 1 fully saturated rings. The van der Waals surface area contributed by atoms with E-state index in [4.69, 9.17) is 11.0 Å². The molecule has 18 heavy (non-hydrogen) atoms. The Morgan fingerprint density at radius 1 is 1.56 bits per heavy atom. The molecule has 2 atom stereocenters. The Bertz CT molecular complexity index is 465. The Morgan fingerprint density at radius 3 is 3.00 bits per heavy atom. The molecule has 1 aromatic heterocycles. The van der Waals surface area contributed by atoms with Crippen molar-refractivity contribution in [2.75, 3.05) is 24.6 Å². The van der Waals surface area contributed by atoms with Gasteiger partial charge in [-0.3, -0.25) is 0 Å². The van der Waals surface area contributed by atoms with Crippen LogP contribution in [0.5, 0.6) is 0 Å². The number of aromatic nitrogens is 1. The van der Waals surface area contributed by atoms with Gasteiger partial charge in [0.25, 0.3) is 0 Å². The lowest BCUT2D eigenvalue weighted by Crippen LogP contribution is -2.42. The van der Waals surface area contributed by atoms with Crippen molar-refractivity contribution in [3.63, 3.8) is 0 Å². The van der Waals surface area contributed by atoms with E-state index in [0.29, 0.717) is 23.5 Å². The minimum atomic E-state index is 0.293. The highest BCUT2D eigenvalue weighted by atomic mass is 15.2. The van der Waals surface area contributed by atoms with Crippen molar-refractivity contribution in [1.29, 1.82) is 5.26 Å². The Labute approximate surface area is 108 Å². The molecule has 96 valence electrons. The lowest BCUT2D eigenvalue weighted by atomic mass is 9.99. The molecule has 0 aromatic carbocycles. The summed E-state index contributed by atoms with van der Waals surface area (Å²) >= 11 is 0. The predicted octanol–water partition coefficient (Wildman–Crippen LogP) is 1.43. The van der Waals surface area contributed by atoms with E-state index < -0.39 is 0 Å². The first kappa shape index (κ1) is 12.7. The molecular weight excluding hydrogens is 226 g/mol. The minimum absolute atomic E-state index is 0.293. The third-order valence-corrected chi connectivity index (χ3v) is 3.59. The molecule has 5 heteroatoms. The number of piperidine rings is 1. The largest absolute Gasteiger partial charge is 0.396 e. The number of nitriles is 1. The van der Waals surface area contributed by atoms with Gasteiger partial charge in [-0.1, -0.05) is 0 Å². The van der Waals surface area contributed by atoms with Gasteiger partial charge in [0.1, 0.15) is 11.9 Å². The van der Waals surface area contributed by atoms with Gasteiger partial charge in [0.05, 0.1) is 5.69 Å². The van der Waals surface area contributed by atoms with E-state index in [2.05, 4.69) is 29.2 Å². The summed E-state index contributed by atoms with van der Waals surface area (Å²) in [6.45, 7) is 3.31. The molecule has 1 aromatic rings. The highest BCUT2D eigenvalue weighted by Crippen LogP contribution is 2.20. The van der Waals surface area contributed by atoms with Gasteiger partial charge in [0.2, 0.25) is 0 Å². The molecule has 2 heterocycles. The van der Waals surface area contributed by atoms with Crippen molar-refractivity contribution in [2.45, 2.75) is 31.8 Å². The molecule has 0 radical (unpaired) electrons. The fourth-order valence-electron chi connectivity index (χ4n) is 2.27. The molecule has 1 aliphatic heterocycles. The first-order valence-corrected chi connectivity index (χ1v) is 6.23. The number of pyridine rings is 1. The standard InChI is InChI=1S/C13H19N5/c1-9-7-10(5-6-18(9)2)16-13-4-3-11(15)12(8-14)17-13/h3-4,9-10H,5-7,15H2,1-2H3,(H,16,17). The number of likely N-dealkylation sites (tertiary alicyclic amines) is 1. The van der Waals surface area contributed by atoms with Gasteiger partial charge >= 0.3 is 0 Å². The van der Waals surface area contributed by atoms with E-state index >= 15 is 0 Å². The lowest BCUT2D eigenvalue weighted by molar-refractivity contribution is 0.190. The maximum absolute atomic E-state index is 8.90. The van der Waals surface area contributed by atoms with Crippen LogP contribution in [0.3, 0.4) is 0 Å². The maximum Gasteiger partial charge on any atom is 0.165 e. The van der Waals surface area contributed by atoms with Crippen LogP contribution in [0.1, 0.15) is 25.5 Å². The van der Waals surface area contributed by atoms with E-state index in [0.717, 1.165) is 25.2 Å². The van der Waals surface area contributed by atoms with Crippen LogP contribution < -0.4 is 11.1 Å². The fraction of sp³-hybridized carbons (Fsp3) is 0.538. The smallest absolute Gasteiger partial charge is 0.165 e. The number of anilines is 2. The van der Waals surface area contributed by atoms with Crippen molar-refractivity contribution in [3.8, 4) is 6.07 Å². The van der Waals surface area contributed by atoms with E-state index in [1.54, 1.807) is 6.07 Å². The predicted molar refractivity (Wildman–Crippen MR) is 72.1 cm³/mol. The van der Waals surface area contributed by atoms with E-state index in [1.165, 1.54) is 0 Å². The number of nitrogens with zero attached hydrogens (tertiary/aromatic N) is 3. The molecule has 1 saturated heterocycles. The Kier molecular flexibility index (Phi) is 3.68. The summed E-state index contributed by atoms with van der Waals surface area (Å²) in [5.74, 6) is 0.738. The zero-order valence-corrected chi connectivity index (χ0v) is 10.8. The minimum Gasteiger partial charge on any atom is -0.396 e. The lowest BCUT2D eigenvalue weighted by Gasteiger charge is -2.35. The third-order valence-electron chi connectivity index (χ3n) is 3.59. The van der Waals surface area contributed by atoms with Crippen LogP contribution in [-0.2, 0) is 0 Å². The van der Waals surface area contributed by atoms with E-state index in [9.17, 15) is 0 Å². The second kappa shape index (κ2) is 5.23. The Hall–Kier alpha value is -1.80. The fourth-order valence-corrected chi connectivity index (χ4v) is 2.27. The van der Waals surface area contributed by atoms with Gasteiger partial charge in [-0.15, -0.1) is 0 Å². The first-order chi connectivity index (χ1) is 8.60. The second-order valence-electron chi connectivity index (χ2n) is 4.94. The topological polar surface area (TPSA) is 78.0 Å². The van der Waals surface area contributed by atoms with Crippen LogP contribution in [0.25, 0.3) is 0 Å². The summed E-state index contributed by atoms with van der Waals surface area (Å²) in [6.07, 6.45) is 2.18. The summed E-state index contributed by atoms with van der Waals surface area (Å²) < 4.78 is 0. The molecule has 0 saturated carbocycles. The van der Waals surface area contributed by atoms with E-state index in [1.807, 2.05) is 12.1 Å². The van der Waals surface area contributed by atoms with E-state index in [-0.39, 0.29) is 0 Å². The van der Waals surface area contributed by atoms with Crippen molar-refractivity contribution in [1.82, 2.24) is 9.88 Å². The van der Waals surface area contributed by atoms with Crippen molar-refractivity contribution >= 4 is 11.5 Å². The number of rotatable bonds is 2. The molecule has 3 N–H and O–H groups in total. The molecule has 0 bridgehead atoms. The van der Waals surface area contributed by atoms with Gasteiger partial charge in [0, 0.05) is 18.6 Å². The number of hydrogen-bond acceptors (Lipinski definition) is 5. The molecule has 2 unspecified atom stereocenters. The van der Waals surface area contributed by atoms with Crippen molar-refractivity contribution in [3.05, 3.63) is 17.8 Å². The molecule has 5 nitrogen and oxygen atoms in total. The zero-order valence-electron chi connectivity index (χ0n) is 10.8. The van der Waals surface area contributed by atoms with Gasteiger partial charge in [-0.2, -0.15) is 5.26 Å². The average Bonchev–Trinajstić information content (AvgIpc) is 2.36. The second-order valence-corrected chi connectivity index (χ2v) is 4.94. The highest BCUT2D eigenvalue weighted by molar-refractivity contribution is 5.54. The van der Waals surface area contributed by atoms with Crippen LogP contribution in [0.2, 0.25) is 0 Å². The van der Waals surface area contributed by atoms with Crippen LogP contribution in [0, 0.1) is 11.3 Å². The normalized spacial score (nSPS) is 24.5. The highest BCUT2D eigenvalue weighted by Gasteiger charge is 2.22. The molecule has 2 rings (SSSR count). The average molecular weight is 245 g/mol. The molecule has 1 aliphatic rings. The summed E-state index contributed by atoms with van der Waals surface area (Å²) in [6, 6.07) is 6.55. The molecule has 0 spiro atoms. The number of nitrogens with two attached hydrogens (primary N) is 1.